The minimum absolute atomic E-state index is 0.143. The van der Waals surface area contributed by atoms with Crippen LogP contribution in [0.4, 0.5) is 10.5 Å². The quantitative estimate of drug-likeness (QED) is 0.222. The van der Waals surface area contributed by atoms with Crippen molar-refractivity contribution >= 4 is 22.6 Å². The summed E-state index contributed by atoms with van der Waals surface area (Å²) in [7, 11) is 1.61. The number of methoxy groups -OCH3 is 1. The topological polar surface area (TPSA) is 76.5 Å². The van der Waals surface area contributed by atoms with Crippen LogP contribution in [0.3, 0.4) is 0 Å². The van der Waals surface area contributed by atoms with Crippen LogP contribution >= 0.6 is 0 Å². The van der Waals surface area contributed by atoms with Crippen LogP contribution in [0.2, 0.25) is 0 Å². The predicted octanol–water partition coefficient (Wildman–Crippen LogP) is 7.19. The van der Waals surface area contributed by atoms with Gasteiger partial charge in [0.15, 0.2) is 0 Å². The lowest BCUT2D eigenvalue weighted by Crippen LogP contribution is -2.40. The van der Waals surface area contributed by atoms with Crippen LogP contribution in [-0.4, -0.2) is 34.1 Å². The number of anilines is 1. The Morgan fingerprint density at radius 3 is 2.46 bits per heavy atom. The zero-order chi connectivity index (χ0) is 27.9. The van der Waals surface area contributed by atoms with Crippen LogP contribution in [0.25, 0.3) is 16.6 Å². The maximum Gasteiger partial charge on any atom is 0.322 e. The zero-order valence-corrected chi connectivity index (χ0v) is 23.5. The van der Waals surface area contributed by atoms with Gasteiger partial charge in [0.2, 0.25) is 0 Å². The Hall–Kier alpha value is -4.13. The van der Waals surface area contributed by atoms with Crippen molar-refractivity contribution in [1.82, 2.24) is 14.5 Å². The largest absolute Gasteiger partial charge is 0.497 e. The number of amides is 2. The molecule has 3 aromatic carbocycles. The van der Waals surface area contributed by atoms with Crippen LogP contribution in [0.1, 0.15) is 62.5 Å². The van der Waals surface area contributed by atoms with Crippen molar-refractivity contribution in [1.29, 1.82) is 0 Å². The normalized spacial score (nSPS) is 11.8. The third-order valence-electron chi connectivity index (χ3n) is 7.09. The average Bonchev–Trinajstić information content (AvgIpc) is 2.93. The first-order valence-electron chi connectivity index (χ1n) is 13.6. The molecule has 0 fully saturated rings. The summed E-state index contributed by atoms with van der Waals surface area (Å²) in [5.74, 6) is 1.25. The number of unbranched alkanes of at least 4 members (excludes halogenated alkanes) is 3. The summed E-state index contributed by atoms with van der Waals surface area (Å²) in [6.45, 7) is 8.68. The molecular formula is C32H38N4O3. The predicted molar refractivity (Wildman–Crippen MR) is 158 cm³/mol. The van der Waals surface area contributed by atoms with Gasteiger partial charge in [-0.15, -0.1) is 0 Å². The van der Waals surface area contributed by atoms with E-state index in [1.54, 1.807) is 22.6 Å². The van der Waals surface area contributed by atoms with Crippen molar-refractivity contribution < 1.29 is 9.53 Å². The number of benzene rings is 3. The van der Waals surface area contributed by atoms with Gasteiger partial charge in [-0.3, -0.25) is 9.36 Å². The number of carbonyl (C=O) groups is 1. The Kier molecular flexibility index (Phi) is 9.02. The molecule has 1 atom stereocenters. The van der Waals surface area contributed by atoms with E-state index in [1.165, 1.54) is 0 Å². The number of nitrogens with zero attached hydrogens (tertiary/aromatic N) is 3. The number of nitrogens with one attached hydrogen (secondary N) is 1. The van der Waals surface area contributed by atoms with Crippen LogP contribution < -0.4 is 15.6 Å². The highest BCUT2D eigenvalue weighted by molar-refractivity contribution is 5.89. The van der Waals surface area contributed by atoms with Gasteiger partial charge in [-0.1, -0.05) is 56.0 Å². The molecule has 1 N–H and O–H groups in total. The molecule has 0 saturated carbocycles. The molecule has 2 amide bonds. The van der Waals surface area contributed by atoms with Gasteiger partial charge in [-0.05, 0) is 75.2 Å². The van der Waals surface area contributed by atoms with Gasteiger partial charge in [0.25, 0.3) is 5.56 Å². The van der Waals surface area contributed by atoms with Crippen molar-refractivity contribution in [2.75, 3.05) is 19.0 Å². The summed E-state index contributed by atoms with van der Waals surface area (Å²) in [5.41, 5.74) is 4.00. The first-order valence-corrected chi connectivity index (χ1v) is 13.6. The first-order chi connectivity index (χ1) is 18.8. The van der Waals surface area contributed by atoms with Crippen LogP contribution in [0, 0.1) is 13.8 Å². The molecule has 0 aliphatic carbocycles. The molecule has 0 aliphatic heterocycles. The summed E-state index contributed by atoms with van der Waals surface area (Å²) in [5, 5.41) is 3.58. The van der Waals surface area contributed by atoms with Gasteiger partial charge < -0.3 is 15.0 Å². The molecule has 7 nitrogen and oxygen atoms in total. The lowest BCUT2D eigenvalue weighted by atomic mass is 10.1. The fourth-order valence-electron chi connectivity index (χ4n) is 4.91. The molecule has 1 unspecified atom stereocenters. The number of aryl methyl sites for hydroxylation is 2. The summed E-state index contributed by atoms with van der Waals surface area (Å²) >= 11 is 0. The second kappa shape index (κ2) is 12.6. The summed E-state index contributed by atoms with van der Waals surface area (Å²) < 4.78 is 6.93. The molecule has 4 aromatic rings. The zero-order valence-electron chi connectivity index (χ0n) is 23.5. The summed E-state index contributed by atoms with van der Waals surface area (Å²) in [6, 6.07) is 20.0. The van der Waals surface area contributed by atoms with E-state index in [-0.39, 0.29) is 11.6 Å². The number of fused-ring (bicyclic) bond motifs is 1. The highest BCUT2D eigenvalue weighted by atomic mass is 16.5. The van der Waals surface area contributed by atoms with Crippen molar-refractivity contribution in [3.63, 3.8) is 0 Å². The standard InChI is InChI=1S/C32H38N4O3/c1-6-7-8-11-20-35(32(38)33-25-15-17-26(39-5)18-16-25)24(4)30-34-28-13-10-9-12-27(28)31(37)36(30)29-19-14-22(2)21-23(29)3/h9-10,12-19,21,24H,6-8,11,20H2,1-5H3,(H,33,38). The Bertz CT molecular complexity index is 1490. The Morgan fingerprint density at radius 2 is 1.77 bits per heavy atom. The van der Waals surface area contributed by atoms with E-state index < -0.39 is 6.04 Å². The number of para-hydroxylation sites is 1. The lowest BCUT2D eigenvalue weighted by Gasteiger charge is -2.31. The van der Waals surface area contributed by atoms with Gasteiger partial charge in [-0.2, -0.15) is 0 Å². The van der Waals surface area contributed by atoms with E-state index in [0.29, 0.717) is 29.0 Å². The summed E-state index contributed by atoms with van der Waals surface area (Å²) in [6.07, 6.45) is 4.08. The SMILES string of the molecule is CCCCCCN(C(=O)Nc1ccc(OC)cc1)C(C)c1nc2ccccc2c(=O)n1-c1ccc(C)cc1C. The van der Waals surface area contributed by atoms with E-state index in [2.05, 4.69) is 18.3 Å². The highest BCUT2D eigenvalue weighted by Gasteiger charge is 2.27. The van der Waals surface area contributed by atoms with E-state index in [1.807, 2.05) is 75.4 Å². The molecule has 1 heterocycles. The van der Waals surface area contributed by atoms with Gasteiger partial charge in [0.05, 0.1) is 29.7 Å². The molecule has 1 aromatic heterocycles. The maximum atomic E-state index is 13.9. The second-order valence-corrected chi connectivity index (χ2v) is 10.0. The third kappa shape index (κ3) is 6.30. The molecule has 0 radical (unpaired) electrons. The van der Waals surface area contributed by atoms with Gasteiger partial charge in [0, 0.05) is 12.2 Å². The van der Waals surface area contributed by atoms with E-state index >= 15 is 0 Å². The Labute approximate surface area is 230 Å². The van der Waals surface area contributed by atoms with Crippen LogP contribution in [0.5, 0.6) is 5.75 Å². The number of rotatable bonds is 10. The van der Waals surface area contributed by atoms with Gasteiger partial charge in [0.1, 0.15) is 11.6 Å². The number of carbonyl (C=O) groups excluding carboxylic acids is 1. The lowest BCUT2D eigenvalue weighted by molar-refractivity contribution is 0.187. The Morgan fingerprint density at radius 1 is 1.03 bits per heavy atom. The Balaban J connectivity index is 1.80. The van der Waals surface area contributed by atoms with Crippen molar-refractivity contribution in [3.05, 3.63) is 94.0 Å². The molecule has 0 spiro atoms. The van der Waals surface area contributed by atoms with Crippen molar-refractivity contribution in [2.45, 2.75) is 59.4 Å². The maximum absolute atomic E-state index is 13.9. The summed E-state index contributed by atoms with van der Waals surface area (Å²) in [4.78, 5) is 34.4. The first kappa shape index (κ1) is 27.9. The number of ether oxygens (including phenoxy) is 1. The minimum atomic E-state index is -0.470. The van der Waals surface area contributed by atoms with E-state index in [4.69, 9.17) is 9.72 Å². The number of urea groups is 1. The molecule has 204 valence electrons. The van der Waals surface area contributed by atoms with Crippen LogP contribution in [0.15, 0.2) is 71.5 Å². The van der Waals surface area contributed by atoms with Gasteiger partial charge in [-0.25, -0.2) is 9.78 Å². The van der Waals surface area contributed by atoms with Crippen molar-refractivity contribution in [2.24, 2.45) is 0 Å². The monoisotopic (exact) mass is 526 g/mol. The molecular weight excluding hydrogens is 488 g/mol. The average molecular weight is 527 g/mol. The smallest absolute Gasteiger partial charge is 0.322 e. The number of hydrogen-bond acceptors (Lipinski definition) is 4. The minimum Gasteiger partial charge on any atom is -0.497 e. The third-order valence-corrected chi connectivity index (χ3v) is 7.09. The van der Waals surface area contributed by atoms with Crippen molar-refractivity contribution in [3.8, 4) is 11.4 Å². The highest BCUT2D eigenvalue weighted by Crippen LogP contribution is 2.26. The molecule has 7 heteroatoms. The number of hydrogen-bond donors (Lipinski definition) is 1. The van der Waals surface area contributed by atoms with Gasteiger partial charge >= 0.3 is 6.03 Å². The molecule has 0 bridgehead atoms. The molecule has 39 heavy (non-hydrogen) atoms. The number of aromatic nitrogens is 2. The molecule has 0 saturated heterocycles. The van der Waals surface area contributed by atoms with E-state index in [0.717, 1.165) is 48.2 Å². The fraction of sp³-hybridized carbons (Fsp3) is 0.344. The molecule has 0 aliphatic rings. The van der Waals surface area contributed by atoms with E-state index in [9.17, 15) is 9.59 Å². The van der Waals surface area contributed by atoms with Crippen LogP contribution in [-0.2, 0) is 0 Å². The second-order valence-electron chi connectivity index (χ2n) is 10.0. The molecule has 4 rings (SSSR count). The fourth-order valence-corrected chi connectivity index (χ4v) is 4.91.